The quantitative estimate of drug-likeness (QED) is 0.573. The lowest BCUT2D eigenvalue weighted by molar-refractivity contribution is 0.545. The predicted molar refractivity (Wildman–Crippen MR) is 83.9 cm³/mol. The fraction of sp³-hybridized carbons (Fsp3) is 0.500. The van der Waals surface area contributed by atoms with Gasteiger partial charge in [0.2, 0.25) is 0 Å². The van der Waals surface area contributed by atoms with Gasteiger partial charge in [0.25, 0.3) is 0 Å². The third-order valence-electron chi connectivity index (χ3n) is 2.98. The first-order valence-electron chi connectivity index (χ1n) is 6.97. The molecule has 0 aliphatic carbocycles. The highest BCUT2D eigenvalue weighted by atomic mass is 15.3. The van der Waals surface area contributed by atoms with Crippen LogP contribution in [0.2, 0.25) is 0 Å². The summed E-state index contributed by atoms with van der Waals surface area (Å²) in [6.45, 7) is 9.11. The number of nitrogens with zero attached hydrogens (tertiary/aromatic N) is 4. The average molecular weight is 289 g/mol. The van der Waals surface area contributed by atoms with Gasteiger partial charge in [-0.2, -0.15) is 0 Å². The minimum Gasteiger partial charge on any atom is -0.366 e. The van der Waals surface area contributed by atoms with Crippen molar-refractivity contribution < 1.29 is 0 Å². The highest BCUT2D eigenvalue weighted by molar-refractivity contribution is 5.48. The number of hydrogen-bond donors (Lipinski definition) is 3. The van der Waals surface area contributed by atoms with Crippen molar-refractivity contribution in [2.75, 3.05) is 10.7 Å². The maximum absolute atomic E-state index is 5.49. The maximum Gasteiger partial charge on any atom is 0.145 e. The topological polar surface area (TPSA) is 93.7 Å². The molecule has 0 aromatic carbocycles. The molecule has 1 atom stereocenters. The Morgan fingerprint density at radius 1 is 1.29 bits per heavy atom. The van der Waals surface area contributed by atoms with Crippen LogP contribution >= 0.6 is 0 Å². The second-order valence-corrected chi connectivity index (χ2v) is 6.16. The summed E-state index contributed by atoms with van der Waals surface area (Å²) < 4.78 is 2.02. The van der Waals surface area contributed by atoms with Crippen molar-refractivity contribution >= 4 is 11.6 Å². The van der Waals surface area contributed by atoms with Crippen molar-refractivity contribution in [1.82, 2.24) is 19.5 Å². The summed E-state index contributed by atoms with van der Waals surface area (Å²) in [5.74, 6) is 7.60. The molecule has 2 heterocycles. The standard InChI is InChI=1S/C14H23N7/c1-10(8-21-6-5-16-9-21)17-11-7-12(20-15)19-13(18-11)14(2,3)4/h5-7,9-10H,8,15H2,1-4H3,(H2,17,18,19,20). The van der Waals surface area contributed by atoms with Gasteiger partial charge < -0.3 is 15.3 Å². The average Bonchev–Trinajstić information content (AvgIpc) is 2.89. The third kappa shape index (κ3) is 4.16. The molecular formula is C14H23N7. The van der Waals surface area contributed by atoms with Crippen molar-refractivity contribution in [3.05, 3.63) is 30.6 Å². The first kappa shape index (κ1) is 15.2. The zero-order valence-electron chi connectivity index (χ0n) is 13.0. The zero-order chi connectivity index (χ0) is 15.5. The van der Waals surface area contributed by atoms with E-state index in [1.807, 2.05) is 10.8 Å². The second kappa shape index (κ2) is 6.09. The maximum atomic E-state index is 5.49. The highest BCUT2D eigenvalue weighted by Crippen LogP contribution is 2.22. The number of hydrazine groups is 1. The Balaban J connectivity index is 2.15. The Kier molecular flexibility index (Phi) is 4.42. The molecule has 0 bridgehead atoms. The van der Waals surface area contributed by atoms with Gasteiger partial charge in [0, 0.05) is 36.5 Å². The van der Waals surface area contributed by atoms with E-state index < -0.39 is 0 Å². The summed E-state index contributed by atoms with van der Waals surface area (Å²) in [5.41, 5.74) is 2.45. The van der Waals surface area contributed by atoms with E-state index >= 15 is 0 Å². The number of nitrogen functional groups attached to an aromatic ring is 1. The minimum atomic E-state index is -0.142. The van der Waals surface area contributed by atoms with E-state index in [-0.39, 0.29) is 11.5 Å². The van der Waals surface area contributed by atoms with Gasteiger partial charge in [-0.25, -0.2) is 20.8 Å². The summed E-state index contributed by atoms with van der Waals surface area (Å²) in [4.78, 5) is 13.0. The van der Waals surface area contributed by atoms with E-state index in [0.717, 1.165) is 18.2 Å². The lowest BCUT2D eigenvalue weighted by Gasteiger charge is -2.20. The molecule has 2 aromatic heterocycles. The molecule has 21 heavy (non-hydrogen) atoms. The molecule has 7 nitrogen and oxygen atoms in total. The third-order valence-corrected chi connectivity index (χ3v) is 2.98. The van der Waals surface area contributed by atoms with Gasteiger partial charge in [0.05, 0.1) is 6.33 Å². The van der Waals surface area contributed by atoms with Crippen LogP contribution in [0.15, 0.2) is 24.8 Å². The largest absolute Gasteiger partial charge is 0.366 e. The Morgan fingerprint density at radius 3 is 2.57 bits per heavy atom. The van der Waals surface area contributed by atoms with Crippen LogP contribution in [0.25, 0.3) is 0 Å². The molecule has 7 heteroatoms. The Labute approximate surface area is 125 Å². The van der Waals surface area contributed by atoms with Gasteiger partial charge in [-0.1, -0.05) is 20.8 Å². The molecule has 0 aliphatic rings. The number of nitrogens with one attached hydrogen (secondary N) is 2. The SMILES string of the molecule is CC(Cn1ccnc1)Nc1cc(NN)nc(C(C)(C)C)n1. The number of hydrogen-bond acceptors (Lipinski definition) is 6. The minimum absolute atomic E-state index is 0.142. The summed E-state index contributed by atoms with van der Waals surface area (Å²) in [5, 5.41) is 3.37. The van der Waals surface area contributed by atoms with E-state index in [1.165, 1.54) is 0 Å². The number of rotatable bonds is 5. The summed E-state index contributed by atoms with van der Waals surface area (Å²) in [7, 11) is 0. The summed E-state index contributed by atoms with van der Waals surface area (Å²) in [6.07, 6.45) is 5.50. The van der Waals surface area contributed by atoms with Crippen LogP contribution in [0.3, 0.4) is 0 Å². The lowest BCUT2D eigenvalue weighted by Crippen LogP contribution is -2.24. The van der Waals surface area contributed by atoms with E-state index in [0.29, 0.717) is 5.82 Å². The van der Waals surface area contributed by atoms with Crippen LogP contribution < -0.4 is 16.6 Å². The number of imidazole rings is 1. The van der Waals surface area contributed by atoms with Gasteiger partial charge in [0.1, 0.15) is 17.5 Å². The zero-order valence-corrected chi connectivity index (χ0v) is 13.0. The molecule has 0 saturated carbocycles. The Bertz CT molecular complexity index is 572. The Morgan fingerprint density at radius 2 is 2.00 bits per heavy atom. The van der Waals surface area contributed by atoms with E-state index in [1.54, 1.807) is 18.6 Å². The van der Waals surface area contributed by atoms with Crippen LogP contribution in [0.5, 0.6) is 0 Å². The molecule has 2 rings (SSSR count). The van der Waals surface area contributed by atoms with Crippen molar-refractivity contribution in [2.45, 2.75) is 45.7 Å². The van der Waals surface area contributed by atoms with Crippen molar-refractivity contribution in [1.29, 1.82) is 0 Å². The first-order chi connectivity index (χ1) is 9.88. The van der Waals surface area contributed by atoms with Gasteiger partial charge in [0.15, 0.2) is 0 Å². The van der Waals surface area contributed by atoms with Gasteiger partial charge in [-0.05, 0) is 6.92 Å². The van der Waals surface area contributed by atoms with Gasteiger partial charge in [-0.3, -0.25) is 0 Å². The van der Waals surface area contributed by atoms with Crippen LogP contribution in [0, 0.1) is 0 Å². The van der Waals surface area contributed by atoms with Crippen LogP contribution in [-0.4, -0.2) is 25.6 Å². The fourth-order valence-electron chi connectivity index (χ4n) is 1.94. The summed E-state index contributed by atoms with van der Waals surface area (Å²) in [6, 6.07) is 2.01. The molecule has 4 N–H and O–H groups in total. The lowest BCUT2D eigenvalue weighted by atomic mass is 9.96. The van der Waals surface area contributed by atoms with Crippen molar-refractivity contribution in [3.63, 3.8) is 0 Å². The van der Waals surface area contributed by atoms with Crippen LogP contribution in [0.1, 0.15) is 33.5 Å². The molecule has 0 spiro atoms. The van der Waals surface area contributed by atoms with Crippen molar-refractivity contribution in [2.24, 2.45) is 5.84 Å². The molecule has 1 unspecified atom stereocenters. The normalized spacial score (nSPS) is 13.0. The van der Waals surface area contributed by atoms with E-state index in [4.69, 9.17) is 5.84 Å². The molecule has 0 amide bonds. The second-order valence-electron chi connectivity index (χ2n) is 6.16. The van der Waals surface area contributed by atoms with Gasteiger partial charge >= 0.3 is 0 Å². The molecular weight excluding hydrogens is 266 g/mol. The molecule has 0 fully saturated rings. The summed E-state index contributed by atoms with van der Waals surface area (Å²) >= 11 is 0. The highest BCUT2D eigenvalue weighted by Gasteiger charge is 2.19. The van der Waals surface area contributed by atoms with Crippen LogP contribution in [-0.2, 0) is 12.0 Å². The molecule has 2 aromatic rings. The van der Waals surface area contributed by atoms with Gasteiger partial charge in [-0.15, -0.1) is 0 Å². The fourth-order valence-corrected chi connectivity index (χ4v) is 1.94. The smallest absolute Gasteiger partial charge is 0.145 e. The van der Waals surface area contributed by atoms with Crippen molar-refractivity contribution in [3.8, 4) is 0 Å². The number of nitrogens with two attached hydrogens (primary N) is 1. The molecule has 114 valence electrons. The monoisotopic (exact) mass is 289 g/mol. The molecule has 0 radical (unpaired) electrons. The van der Waals surface area contributed by atoms with Crippen LogP contribution in [0.4, 0.5) is 11.6 Å². The predicted octanol–water partition coefficient (Wildman–Crippen LogP) is 1.76. The van der Waals surface area contributed by atoms with E-state index in [9.17, 15) is 0 Å². The first-order valence-corrected chi connectivity index (χ1v) is 6.97. The van der Waals surface area contributed by atoms with E-state index in [2.05, 4.69) is 53.4 Å². The molecule has 0 aliphatic heterocycles. The Hall–Kier alpha value is -2.15. The number of aromatic nitrogens is 4. The molecule has 0 saturated heterocycles. The number of anilines is 2.